The van der Waals surface area contributed by atoms with Crippen molar-refractivity contribution in [3.63, 3.8) is 0 Å². The summed E-state index contributed by atoms with van der Waals surface area (Å²) in [7, 11) is 0. The second kappa shape index (κ2) is 5.50. The van der Waals surface area contributed by atoms with Crippen molar-refractivity contribution >= 4 is 11.9 Å². The zero-order valence-electron chi connectivity index (χ0n) is 14.3. The summed E-state index contributed by atoms with van der Waals surface area (Å²) in [6, 6.07) is 12.1. The number of aliphatic imine (C=N–C) groups is 1. The van der Waals surface area contributed by atoms with Crippen LogP contribution in [-0.2, 0) is 12.0 Å². The number of halogens is 1. The van der Waals surface area contributed by atoms with Gasteiger partial charge in [-0.3, -0.25) is 10.3 Å². The normalized spacial score (nSPS) is 25.6. The van der Waals surface area contributed by atoms with Gasteiger partial charge in [-0.15, -0.1) is 9.60 Å². The molecular weight excluding hydrogens is 301 g/mol. The lowest BCUT2D eigenvalue weighted by Gasteiger charge is -2.28. The quantitative estimate of drug-likeness (QED) is 0.849. The molecule has 0 aliphatic carbocycles. The van der Waals surface area contributed by atoms with E-state index < -0.39 is 5.54 Å². The van der Waals surface area contributed by atoms with E-state index in [2.05, 4.69) is 43.2 Å². The van der Waals surface area contributed by atoms with Gasteiger partial charge in [-0.05, 0) is 43.5 Å². The first kappa shape index (κ1) is 15.5. The molecule has 1 N–H and O–H groups in total. The molecule has 124 valence electrons. The van der Waals surface area contributed by atoms with Crippen LogP contribution in [0, 0.1) is 20.8 Å². The molecule has 24 heavy (non-hydrogen) atoms. The highest BCUT2D eigenvalue weighted by molar-refractivity contribution is 5.85. The monoisotopic (exact) mass is 323 g/mol. The first-order valence-electron chi connectivity index (χ1n) is 8.41. The van der Waals surface area contributed by atoms with Gasteiger partial charge >= 0.3 is 0 Å². The minimum Gasteiger partial charge on any atom is -0.297 e. The zero-order valence-corrected chi connectivity index (χ0v) is 14.3. The molecule has 1 spiro atoms. The molecule has 3 nitrogen and oxygen atoms in total. The maximum atomic E-state index is 15.3. The van der Waals surface area contributed by atoms with Crippen molar-refractivity contribution in [2.45, 2.75) is 38.9 Å². The Morgan fingerprint density at radius 3 is 2.67 bits per heavy atom. The van der Waals surface area contributed by atoms with Gasteiger partial charge in [0, 0.05) is 24.7 Å². The van der Waals surface area contributed by atoms with Gasteiger partial charge in [0.05, 0.1) is 11.9 Å². The van der Waals surface area contributed by atoms with Crippen molar-refractivity contribution in [3.05, 3.63) is 64.2 Å². The van der Waals surface area contributed by atoms with E-state index >= 15 is 4.48 Å². The van der Waals surface area contributed by atoms with E-state index in [1.54, 1.807) is 6.21 Å². The Kier molecular flexibility index (Phi) is 3.55. The van der Waals surface area contributed by atoms with Crippen molar-refractivity contribution in [1.29, 1.82) is 0 Å². The van der Waals surface area contributed by atoms with E-state index in [0.29, 0.717) is 13.0 Å². The maximum absolute atomic E-state index is 15.3. The fourth-order valence-corrected chi connectivity index (χ4v) is 4.09. The van der Waals surface area contributed by atoms with Crippen molar-refractivity contribution in [2.75, 3.05) is 6.54 Å². The van der Waals surface area contributed by atoms with Crippen molar-refractivity contribution in [3.8, 4) is 0 Å². The summed E-state index contributed by atoms with van der Waals surface area (Å²) in [5.41, 5.74) is 5.96. The van der Waals surface area contributed by atoms with E-state index in [0.717, 1.165) is 16.4 Å². The largest absolute Gasteiger partial charge is 0.297 e. The van der Waals surface area contributed by atoms with Gasteiger partial charge in [-0.1, -0.05) is 35.9 Å². The summed E-state index contributed by atoms with van der Waals surface area (Å²) >= 11 is 0. The molecule has 1 saturated heterocycles. The molecule has 0 saturated carbocycles. The first-order chi connectivity index (χ1) is 11.5. The molecule has 0 amide bonds. The topological polar surface area (TPSA) is 27.6 Å². The number of nitrogens with one attached hydrogen (secondary N) is 1. The van der Waals surface area contributed by atoms with E-state index in [-0.39, 0.29) is 6.17 Å². The predicted molar refractivity (Wildman–Crippen MR) is 95.4 cm³/mol. The molecule has 4 heteroatoms. The Bertz CT molecular complexity index is 806. The second-order valence-electron chi connectivity index (χ2n) is 6.99. The zero-order chi connectivity index (χ0) is 16.9. The molecule has 2 atom stereocenters. The number of nitrogens with zero attached hydrogens (tertiary/aromatic N) is 2. The van der Waals surface area contributed by atoms with Gasteiger partial charge in [0.2, 0.25) is 0 Å². The lowest BCUT2D eigenvalue weighted by atomic mass is 9.92. The molecule has 2 aliphatic heterocycles. The van der Waals surface area contributed by atoms with Crippen LogP contribution in [0.4, 0.5) is 10.2 Å². The third kappa shape index (κ3) is 2.21. The summed E-state index contributed by atoms with van der Waals surface area (Å²) in [6.45, 7) is 6.85. The Morgan fingerprint density at radius 1 is 1.21 bits per heavy atom. The van der Waals surface area contributed by atoms with E-state index in [9.17, 15) is 0 Å². The maximum Gasteiger partial charge on any atom is 0.127 e. The summed E-state index contributed by atoms with van der Waals surface area (Å²) in [5.74, 6) is 0. The Balaban J connectivity index is 1.64. The first-order valence-corrected chi connectivity index (χ1v) is 8.41. The highest BCUT2D eigenvalue weighted by atomic mass is 19.2. The lowest BCUT2D eigenvalue weighted by Crippen LogP contribution is -2.42. The van der Waals surface area contributed by atoms with Crippen LogP contribution in [0.15, 0.2) is 41.4 Å². The number of hydrogen-bond acceptors (Lipinski definition) is 3. The van der Waals surface area contributed by atoms with Crippen LogP contribution in [0.25, 0.3) is 0 Å². The Labute approximate surface area is 142 Å². The molecular formula is C20H22FN3. The van der Waals surface area contributed by atoms with E-state index in [4.69, 9.17) is 0 Å². The highest BCUT2D eigenvalue weighted by Gasteiger charge is 2.50. The van der Waals surface area contributed by atoms with Crippen LogP contribution in [0.1, 0.15) is 27.8 Å². The Hall–Kier alpha value is -2.04. The highest BCUT2D eigenvalue weighted by Crippen LogP contribution is 2.43. The van der Waals surface area contributed by atoms with Crippen LogP contribution in [0.5, 0.6) is 0 Å². The second-order valence-corrected chi connectivity index (χ2v) is 6.99. The van der Waals surface area contributed by atoms with Crippen molar-refractivity contribution < 1.29 is 4.48 Å². The molecule has 0 aromatic heterocycles. The molecule has 2 aromatic rings. The number of hydrogen-bond donors (Lipinski definition) is 1. The SMILES string of the molecule is Cc1cc(C)c(C[C@@H]2NCC3(C=Nc4ccccc43)N2F)c(C)c1. The predicted octanol–water partition coefficient (Wildman–Crippen LogP) is 3.88. The smallest absolute Gasteiger partial charge is 0.127 e. The summed E-state index contributed by atoms with van der Waals surface area (Å²) in [6.07, 6.45) is 2.05. The number of aryl methyl sites for hydroxylation is 3. The molecule has 2 heterocycles. The van der Waals surface area contributed by atoms with Crippen LogP contribution in [0.2, 0.25) is 0 Å². The number of benzene rings is 2. The average Bonchev–Trinajstić information content (AvgIpc) is 3.07. The van der Waals surface area contributed by atoms with E-state index in [1.165, 1.54) is 22.3 Å². The molecule has 1 fully saturated rings. The number of para-hydroxylation sites is 1. The summed E-state index contributed by atoms with van der Waals surface area (Å²) in [5, 5.41) is 4.32. The van der Waals surface area contributed by atoms with Gasteiger partial charge < -0.3 is 0 Å². The fourth-order valence-electron chi connectivity index (χ4n) is 4.09. The molecule has 1 unspecified atom stereocenters. The van der Waals surface area contributed by atoms with Crippen LogP contribution >= 0.6 is 0 Å². The standard InChI is InChI=1S/C20H22FN3/c1-13-8-14(2)16(15(3)9-13)10-19-23-12-20(24(19)21)11-22-18-7-5-4-6-17(18)20/h4-9,11,19,23H,10,12H2,1-3H3/t19-,20?/m1/s1. The lowest BCUT2D eigenvalue weighted by molar-refractivity contribution is -0.0537. The molecule has 2 aliphatic rings. The summed E-state index contributed by atoms with van der Waals surface area (Å²) in [4.78, 5) is 4.43. The minimum atomic E-state index is -0.770. The van der Waals surface area contributed by atoms with Gasteiger partial charge in [-0.25, -0.2) is 0 Å². The van der Waals surface area contributed by atoms with Crippen LogP contribution in [-0.4, -0.2) is 24.0 Å². The van der Waals surface area contributed by atoms with Crippen LogP contribution in [0.3, 0.4) is 0 Å². The molecule has 2 aromatic carbocycles. The Morgan fingerprint density at radius 2 is 1.92 bits per heavy atom. The molecule has 4 rings (SSSR count). The molecule has 0 radical (unpaired) electrons. The fraction of sp³-hybridized carbons (Fsp3) is 0.350. The molecule has 0 bridgehead atoms. The van der Waals surface area contributed by atoms with Gasteiger partial charge in [0.1, 0.15) is 5.54 Å². The third-order valence-corrected chi connectivity index (χ3v) is 5.29. The van der Waals surface area contributed by atoms with Crippen LogP contribution < -0.4 is 5.32 Å². The minimum absolute atomic E-state index is 0.345. The number of rotatable bonds is 2. The number of fused-ring (bicyclic) bond motifs is 2. The van der Waals surface area contributed by atoms with Crippen molar-refractivity contribution in [1.82, 2.24) is 10.4 Å². The summed E-state index contributed by atoms with van der Waals surface area (Å²) < 4.78 is 15.3. The van der Waals surface area contributed by atoms with Gasteiger partial charge in [0.15, 0.2) is 0 Å². The van der Waals surface area contributed by atoms with Gasteiger partial charge in [-0.2, -0.15) is 0 Å². The van der Waals surface area contributed by atoms with Gasteiger partial charge in [0.25, 0.3) is 0 Å². The average molecular weight is 323 g/mol. The van der Waals surface area contributed by atoms with Crippen molar-refractivity contribution in [2.24, 2.45) is 4.99 Å². The van der Waals surface area contributed by atoms with E-state index in [1.807, 2.05) is 24.3 Å². The third-order valence-electron chi connectivity index (χ3n) is 5.29.